The molecule has 0 saturated heterocycles. The van der Waals surface area contributed by atoms with Crippen LogP contribution in [0.5, 0.6) is 0 Å². The van der Waals surface area contributed by atoms with Gasteiger partial charge in [0.05, 0.1) is 0 Å². The largest absolute Gasteiger partial charge is 0.310 e. The summed E-state index contributed by atoms with van der Waals surface area (Å²) < 4.78 is 1.33. The Morgan fingerprint density at radius 2 is 1.83 bits per heavy atom. The van der Waals surface area contributed by atoms with Crippen LogP contribution in [0.3, 0.4) is 0 Å². The molecule has 1 aliphatic rings. The highest BCUT2D eigenvalue weighted by atomic mass is 127. The summed E-state index contributed by atoms with van der Waals surface area (Å²) in [4.78, 5) is 0. The van der Waals surface area contributed by atoms with Gasteiger partial charge in [0.15, 0.2) is 0 Å². The molecule has 1 saturated carbocycles. The smallest absolute Gasteiger partial charge is 0.0348 e. The minimum atomic E-state index is 0.572. The van der Waals surface area contributed by atoms with Crippen molar-refractivity contribution in [3.8, 4) is 0 Å². The lowest BCUT2D eigenvalue weighted by Gasteiger charge is -2.31. The van der Waals surface area contributed by atoms with Crippen LogP contribution >= 0.6 is 22.6 Å². The Morgan fingerprint density at radius 3 is 2.44 bits per heavy atom. The Kier molecular flexibility index (Phi) is 5.96. The molecule has 0 spiro atoms. The minimum absolute atomic E-state index is 0.572. The molecule has 1 aliphatic carbocycles. The van der Waals surface area contributed by atoms with E-state index in [0.29, 0.717) is 6.04 Å². The zero-order chi connectivity index (χ0) is 12.8. The van der Waals surface area contributed by atoms with Gasteiger partial charge in [-0.05, 0) is 72.0 Å². The van der Waals surface area contributed by atoms with Crippen molar-refractivity contribution < 1.29 is 0 Å². The number of hydrogen-bond donors (Lipinski definition) is 1. The molecule has 100 valence electrons. The lowest BCUT2D eigenvalue weighted by atomic mass is 9.81. The summed E-state index contributed by atoms with van der Waals surface area (Å²) in [6.07, 6.45) is 8.27. The van der Waals surface area contributed by atoms with Crippen molar-refractivity contribution in [2.75, 3.05) is 6.54 Å². The van der Waals surface area contributed by atoms with Crippen LogP contribution in [-0.4, -0.2) is 6.54 Å². The first-order valence-electron chi connectivity index (χ1n) is 7.30. The second kappa shape index (κ2) is 7.49. The summed E-state index contributed by atoms with van der Waals surface area (Å²) in [5.74, 6) is 0.838. The number of rotatable bonds is 5. The third kappa shape index (κ3) is 3.95. The molecule has 2 rings (SSSR count). The van der Waals surface area contributed by atoms with Crippen LogP contribution in [-0.2, 0) is 0 Å². The fourth-order valence-electron chi connectivity index (χ4n) is 2.99. The molecule has 18 heavy (non-hydrogen) atoms. The topological polar surface area (TPSA) is 12.0 Å². The SMILES string of the molecule is CCCNC(c1ccc(I)cc1)C1CCCCC1. The molecule has 2 heteroatoms. The fourth-order valence-corrected chi connectivity index (χ4v) is 3.35. The van der Waals surface area contributed by atoms with Crippen molar-refractivity contribution in [2.45, 2.75) is 51.5 Å². The molecule has 1 aromatic carbocycles. The zero-order valence-corrected chi connectivity index (χ0v) is 13.4. The highest BCUT2D eigenvalue weighted by molar-refractivity contribution is 14.1. The van der Waals surface area contributed by atoms with Crippen LogP contribution in [0, 0.1) is 9.49 Å². The number of nitrogens with one attached hydrogen (secondary N) is 1. The Balaban J connectivity index is 2.10. The van der Waals surface area contributed by atoms with Crippen LogP contribution < -0.4 is 5.32 Å². The quantitative estimate of drug-likeness (QED) is 0.738. The van der Waals surface area contributed by atoms with Gasteiger partial charge < -0.3 is 5.32 Å². The summed E-state index contributed by atoms with van der Waals surface area (Å²) in [7, 11) is 0. The van der Waals surface area contributed by atoms with Crippen molar-refractivity contribution in [1.29, 1.82) is 0 Å². The molecule has 1 aromatic rings. The van der Waals surface area contributed by atoms with Gasteiger partial charge >= 0.3 is 0 Å². The van der Waals surface area contributed by atoms with Gasteiger partial charge in [0.2, 0.25) is 0 Å². The predicted molar refractivity (Wildman–Crippen MR) is 86.8 cm³/mol. The minimum Gasteiger partial charge on any atom is -0.310 e. The average molecular weight is 357 g/mol. The van der Waals surface area contributed by atoms with Gasteiger partial charge in [-0.2, -0.15) is 0 Å². The van der Waals surface area contributed by atoms with Crippen molar-refractivity contribution in [1.82, 2.24) is 5.32 Å². The van der Waals surface area contributed by atoms with Gasteiger partial charge in [0.25, 0.3) is 0 Å². The molecule has 1 N–H and O–H groups in total. The van der Waals surface area contributed by atoms with E-state index < -0.39 is 0 Å². The lowest BCUT2D eigenvalue weighted by molar-refractivity contribution is 0.272. The maximum absolute atomic E-state index is 3.77. The summed E-state index contributed by atoms with van der Waals surface area (Å²) in [5.41, 5.74) is 1.48. The predicted octanol–water partition coefficient (Wildman–Crippen LogP) is 4.91. The molecule has 1 fully saturated rings. The molecule has 1 nitrogen and oxygen atoms in total. The van der Waals surface area contributed by atoms with E-state index in [2.05, 4.69) is 59.1 Å². The number of benzene rings is 1. The summed E-state index contributed by atoms with van der Waals surface area (Å²) in [6.45, 7) is 3.38. The first-order valence-corrected chi connectivity index (χ1v) is 8.38. The van der Waals surface area contributed by atoms with E-state index in [1.807, 2.05) is 0 Å². The fraction of sp³-hybridized carbons (Fsp3) is 0.625. The van der Waals surface area contributed by atoms with Gasteiger partial charge in [-0.3, -0.25) is 0 Å². The van der Waals surface area contributed by atoms with E-state index >= 15 is 0 Å². The second-order valence-corrected chi connectivity index (χ2v) is 6.63. The number of hydrogen-bond acceptors (Lipinski definition) is 1. The molecule has 0 aliphatic heterocycles. The highest BCUT2D eigenvalue weighted by Crippen LogP contribution is 2.34. The van der Waals surface area contributed by atoms with Crippen molar-refractivity contribution in [3.05, 3.63) is 33.4 Å². The van der Waals surface area contributed by atoms with Gasteiger partial charge in [0.1, 0.15) is 0 Å². The summed E-state index contributed by atoms with van der Waals surface area (Å²) >= 11 is 2.38. The van der Waals surface area contributed by atoms with Gasteiger partial charge in [-0.1, -0.05) is 38.3 Å². The lowest BCUT2D eigenvalue weighted by Crippen LogP contribution is -2.30. The molecule has 0 aromatic heterocycles. The van der Waals surface area contributed by atoms with Crippen LogP contribution in [0.1, 0.15) is 57.1 Å². The second-order valence-electron chi connectivity index (χ2n) is 5.38. The third-order valence-electron chi connectivity index (χ3n) is 3.96. The maximum Gasteiger partial charge on any atom is 0.0348 e. The van der Waals surface area contributed by atoms with Gasteiger partial charge in [-0.15, -0.1) is 0 Å². The first-order chi connectivity index (χ1) is 8.81. The molecule has 0 amide bonds. The zero-order valence-electron chi connectivity index (χ0n) is 11.3. The Labute approximate surface area is 125 Å². The van der Waals surface area contributed by atoms with E-state index in [9.17, 15) is 0 Å². The third-order valence-corrected chi connectivity index (χ3v) is 4.68. The maximum atomic E-state index is 3.77. The van der Waals surface area contributed by atoms with E-state index in [4.69, 9.17) is 0 Å². The number of halogens is 1. The van der Waals surface area contributed by atoms with E-state index in [-0.39, 0.29) is 0 Å². The molecule has 0 heterocycles. The van der Waals surface area contributed by atoms with E-state index in [1.165, 1.54) is 47.7 Å². The van der Waals surface area contributed by atoms with Gasteiger partial charge in [-0.25, -0.2) is 0 Å². The average Bonchev–Trinajstić information content (AvgIpc) is 2.42. The Hall–Kier alpha value is -0.0900. The van der Waals surface area contributed by atoms with Crippen molar-refractivity contribution in [3.63, 3.8) is 0 Å². The van der Waals surface area contributed by atoms with Crippen LogP contribution in [0.2, 0.25) is 0 Å². The molecule has 0 bridgehead atoms. The van der Waals surface area contributed by atoms with Crippen molar-refractivity contribution in [2.24, 2.45) is 5.92 Å². The van der Waals surface area contributed by atoms with Gasteiger partial charge in [0, 0.05) is 9.61 Å². The molecule has 1 atom stereocenters. The summed E-state index contributed by atoms with van der Waals surface area (Å²) in [6, 6.07) is 9.66. The first kappa shape index (κ1) is 14.3. The van der Waals surface area contributed by atoms with Crippen LogP contribution in [0.4, 0.5) is 0 Å². The van der Waals surface area contributed by atoms with E-state index in [0.717, 1.165) is 12.5 Å². The normalized spacial score (nSPS) is 18.8. The highest BCUT2D eigenvalue weighted by Gasteiger charge is 2.24. The molecular weight excluding hydrogens is 333 g/mol. The van der Waals surface area contributed by atoms with E-state index in [1.54, 1.807) is 0 Å². The molecular formula is C16H24IN. The summed E-state index contributed by atoms with van der Waals surface area (Å²) in [5, 5.41) is 3.77. The Bertz CT molecular complexity index is 341. The van der Waals surface area contributed by atoms with Crippen molar-refractivity contribution >= 4 is 22.6 Å². The van der Waals surface area contributed by atoms with Crippen LogP contribution in [0.25, 0.3) is 0 Å². The van der Waals surface area contributed by atoms with Crippen LogP contribution in [0.15, 0.2) is 24.3 Å². The molecule has 0 radical (unpaired) electrons. The Morgan fingerprint density at radius 1 is 1.17 bits per heavy atom. The standard InChI is InChI=1S/C16H24IN/c1-2-12-18-16(13-6-4-3-5-7-13)14-8-10-15(17)11-9-14/h8-11,13,16,18H,2-7,12H2,1H3. The monoisotopic (exact) mass is 357 g/mol. The molecule has 1 unspecified atom stereocenters.